The number of aryl methyl sites for hydroxylation is 3. The molecule has 0 atom stereocenters. The molecule has 0 spiro atoms. The van der Waals surface area contributed by atoms with Crippen LogP contribution in [0.25, 0.3) is 42.6 Å². The number of aromatic nitrogens is 1. The average molecular weight is 572 g/mol. The average Bonchev–Trinajstić information content (AvgIpc) is 3.55. The van der Waals surface area contributed by atoms with Gasteiger partial charge in [-0.15, -0.1) is 11.3 Å². The van der Waals surface area contributed by atoms with Gasteiger partial charge in [-0.25, -0.2) is 0 Å². The lowest BCUT2D eigenvalue weighted by Crippen LogP contribution is -2.12. The number of pyridine rings is 1. The fourth-order valence-corrected chi connectivity index (χ4v) is 8.35. The van der Waals surface area contributed by atoms with Gasteiger partial charge in [-0.3, -0.25) is 4.98 Å². The maximum absolute atomic E-state index is 14.4. The van der Waals surface area contributed by atoms with Gasteiger partial charge in [0.2, 0.25) is 0 Å². The van der Waals surface area contributed by atoms with E-state index in [1.54, 1.807) is 0 Å². The summed E-state index contributed by atoms with van der Waals surface area (Å²) < 4.78 is 43.9. The molecule has 41 heavy (non-hydrogen) atoms. The predicted octanol–water partition coefficient (Wildman–Crippen LogP) is 11.7. The number of benzene rings is 3. The van der Waals surface area contributed by atoms with Gasteiger partial charge in [0, 0.05) is 22.0 Å². The fourth-order valence-electron chi connectivity index (χ4n) is 6.83. The van der Waals surface area contributed by atoms with Crippen molar-refractivity contribution in [3.05, 3.63) is 88.1 Å². The number of nitrogens with zero attached hydrogens (tertiary/aromatic N) is 1. The minimum Gasteiger partial charge on any atom is -0.254 e. The molecule has 0 unspecified atom stereocenters. The minimum atomic E-state index is -4.50. The lowest BCUT2D eigenvalue weighted by Gasteiger charge is -2.23. The minimum absolute atomic E-state index is 0.146. The Morgan fingerprint density at radius 3 is 2.15 bits per heavy atom. The van der Waals surface area contributed by atoms with Crippen molar-refractivity contribution in [2.24, 2.45) is 0 Å². The van der Waals surface area contributed by atoms with E-state index in [0.717, 1.165) is 49.7 Å². The van der Waals surface area contributed by atoms with Crippen LogP contribution in [0.4, 0.5) is 13.2 Å². The molecule has 0 N–H and O–H groups in total. The van der Waals surface area contributed by atoms with Gasteiger partial charge in [0.1, 0.15) is 0 Å². The van der Waals surface area contributed by atoms with E-state index < -0.39 is 11.7 Å². The van der Waals surface area contributed by atoms with Crippen LogP contribution in [-0.4, -0.2) is 4.98 Å². The Morgan fingerprint density at radius 2 is 1.51 bits per heavy atom. The van der Waals surface area contributed by atoms with Crippen LogP contribution < -0.4 is 0 Å². The lowest BCUT2D eigenvalue weighted by molar-refractivity contribution is -0.136. The van der Waals surface area contributed by atoms with Gasteiger partial charge in [0.15, 0.2) is 0 Å². The zero-order chi connectivity index (χ0) is 29.3. The summed E-state index contributed by atoms with van der Waals surface area (Å²) in [5.41, 5.74) is 7.17. The van der Waals surface area contributed by atoms with Crippen LogP contribution in [0, 0.1) is 20.8 Å². The summed E-state index contributed by atoms with van der Waals surface area (Å²) in [6.07, 6.45) is 1.50. The maximum Gasteiger partial charge on any atom is 0.418 e. The van der Waals surface area contributed by atoms with Crippen molar-refractivity contribution in [1.82, 2.24) is 4.98 Å². The number of hydrogen-bond acceptors (Lipinski definition) is 2. The van der Waals surface area contributed by atoms with E-state index >= 15 is 0 Å². The predicted molar refractivity (Wildman–Crippen MR) is 167 cm³/mol. The lowest BCUT2D eigenvalue weighted by atomic mass is 9.82. The summed E-state index contributed by atoms with van der Waals surface area (Å²) in [4.78, 5) is 5.43. The van der Waals surface area contributed by atoms with Gasteiger partial charge in [0.25, 0.3) is 0 Å². The van der Waals surface area contributed by atoms with E-state index in [2.05, 4.69) is 76.0 Å². The zero-order valence-electron chi connectivity index (χ0n) is 24.6. The third-order valence-electron chi connectivity index (χ3n) is 8.81. The van der Waals surface area contributed by atoms with E-state index in [1.165, 1.54) is 42.6 Å². The Hall–Kier alpha value is -3.18. The number of rotatable bonds is 3. The number of halogens is 3. The topological polar surface area (TPSA) is 12.9 Å². The quantitative estimate of drug-likeness (QED) is 0.210. The number of hydrogen-bond donors (Lipinski definition) is 0. The van der Waals surface area contributed by atoms with Crippen molar-refractivity contribution in [1.29, 1.82) is 0 Å². The second-order valence-corrected chi connectivity index (χ2v) is 13.8. The summed E-state index contributed by atoms with van der Waals surface area (Å²) in [5.74, 6) is 0.586. The number of fused-ring (bicyclic) bond motifs is 2. The molecule has 1 fully saturated rings. The zero-order valence-corrected chi connectivity index (χ0v) is 25.4. The van der Waals surface area contributed by atoms with Gasteiger partial charge in [0.05, 0.1) is 16.0 Å². The summed E-state index contributed by atoms with van der Waals surface area (Å²) >= 11 is 1.45. The molecule has 212 valence electrons. The van der Waals surface area contributed by atoms with Crippen molar-refractivity contribution in [3.8, 4) is 21.7 Å². The van der Waals surface area contributed by atoms with Gasteiger partial charge in [-0.1, -0.05) is 70.0 Å². The molecule has 0 aliphatic heterocycles. The van der Waals surface area contributed by atoms with Gasteiger partial charge in [-0.05, 0) is 101 Å². The highest BCUT2D eigenvalue weighted by atomic mass is 32.1. The molecule has 5 heteroatoms. The molecule has 5 aromatic rings. The Morgan fingerprint density at radius 1 is 0.854 bits per heavy atom. The second kappa shape index (κ2) is 9.97. The SMILES string of the molecule is Cc1cc(C2CCCC2)cc(C)c1-c1sc2c(-c3cc(C(C)(C)C)c4ccccc4c3)ncc(C(F)(F)F)c2c1C. The molecular weight excluding hydrogens is 535 g/mol. The van der Waals surface area contributed by atoms with Crippen molar-refractivity contribution in [2.75, 3.05) is 0 Å². The molecule has 6 rings (SSSR count). The highest BCUT2D eigenvalue weighted by Gasteiger charge is 2.36. The first-order valence-electron chi connectivity index (χ1n) is 14.5. The molecule has 3 aromatic carbocycles. The Kier molecular flexibility index (Phi) is 6.80. The molecular formula is C36H36F3NS. The highest BCUT2D eigenvalue weighted by molar-refractivity contribution is 7.23. The van der Waals surface area contributed by atoms with E-state index in [4.69, 9.17) is 0 Å². The monoisotopic (exact) mass is 571 g/mol. The van der Waals surface area contributed by atoms with Gasteiger partial charge >= 0.3 is 6.18 Å². The molecule has 1 aliphatic rings. The number of alkyl halides is 3. The fraction of sp³-hybridized carbons (Fsp3) is 0.361. The Bertz CT molecular complexity index is 1770. The van der Waals surface area contributed by atoms with E-state index in [1.807, 2.05) is 19.1 Å². The first-order chi connectivity index (χ1) is 19.3. The van der Waals surface area contributed by atoms with Crippen LogP contribution in [-0.2, 0) is 11.6 Å². The van der Waals surface area contributed by atoms with E-state index in [9.17, 15) is 13.2 Å². The highest BCUT2D eigenvalue weighted by Crippen LogP contribution is 2.49. The van der Waals surface area contributed by atoms with Crippen molar-refractivity contribution in [2.45, 2.75) is 84.7 Å². The van der Waals surface area contributed by atoms with Gasteiger partial charge in [-0.2, -0.15) is 13.2 Å². The summed E-state index contributed by atoms with van der Waals surface area (Å²) in [7, 11) is 0. The largest absolute Gasteiger partial charge is 0.418 e. The smallest absolute Gasteiger partial charge is 0.254 e. The number of thiophene rings is 1. The van der Waals surface area contributed by atoms with Crippen molar-refractivity contribution >= 4 is 32.2 Å². The molecule has 1 aliphatic carbocycles. The summed E-state index contributed by atoms with van der Waals surface area (Å²) in [6.45, 7) is 12.6. The molecule has 0 radical (unpaired) electrons. The molecule has 0 bridgehead atoms. The second-order valence-electron chi connectivity index (χ2n) is 12.8. The maximum atomic E-state index is 14.4. The Labute approximate surface area is 244 Å². The molecule has 2 heterocycles. The van der Waals surface area contributed by atoms with Crippen LogP contribution in [0.1, 0.15) is 85.8 Å². The van der Waals surface area contributed by atoms with Crippen LogP contribution >= 0.6 is 11.3 Å². The Balaban J connectivity index is 1.62. The third kappa shape index (κ3) is 4.86. The van der Waals surface area contributed by atoms with Crippen molar-refractivity contribution in [3.63, 3.8) is 0 Å². The van der Waals surface area contributed by atoms with Crippen LogP contribution in [0.15, 0.2) is 54.7 Å². The summed E-state index contributed by atoms with van der Waals surface area (Å²) in [5, 5.41) is 2.49. The third-order valence-corrected chi connectivity index (χ3v) is 10.1. The molecule has 0 amide bonds. The van der Waals surface area contributed by atoms with E-state index in [-0.39, 0.29) is 10.8 Å². The van der Waals surface area contributed by atoms with Crippen LogP contribution in [0.2, 0.25) is 0 Å². The molecule has 0 saturated heterocycles. The normalized spacial score (nSPS) is 15.0. The van der Waals surface area contributed by atoms with Gasteiger partial charge < -0.3 is 0 Å². The molecule has 1 saturated carbocycles. The molecule has 1 nitrogen and oxygen atoms in total. The van der Waals surface area contributed by atoms with E-state index in [0.29, 0.717) is 21.9 Å². The first-order valence-corrected chi connectivity index (χ1v) is 15.3. The van der Waals surface area contributed by atoms with Crippen LogP contribution in [0.5, 0.6) is 0 Å². The first kappa shape index (κ1) is 28.0. The standard InChI is InChI=1S/C36H36F3NS/c1-20-15-25(23-11-7-8-12-23)16-21(2)30(20)33-22(3)31-29(36(37,38)39)19-40-32(34(31)41-33)26-17-24-13-9-10-14-27(24)28(18-26)35(4,5)6/h9-10,13-19,23H,7-8,11-12H2,1-6H3. The molecule has 2 aromatic heterocycles. The van der Waals surface area contributed by atoms with Crippen molar-refractivity contribution < 1.29 is 13.2 Å². The van der Waals surface area contributed by atoms with Crippen LogP contribution in [0.3, 0.4) is 0 Å². The summed E-state index contributed by atoms with van der Waals surface area (Å²) in [6, 6.07) is 16.9.